The monoisotopic (exact) mass is 264 g/mol. The molecule has 1 saturated carbocycles. The van der Waals surface area contributed by atoms with Crippen LogP contribution in [0.3, 0.4) is 0 Å². The van der Waals surface area contributed by atoms with Gasteiger partial charge in [-0.1, -0.05) is 60.1 Å². The van der Waals surface area contributed by atoms with Gasteiger partial charge >= 0.3 is 0 Å². The van der Waals surface area contributed by atoms with Crippen molar-refractivity contribution in [1.29, 1.82) is 0 Å². The Morgan fingerprint density at radius 1 is 1.16 bits per heavy atom. The van der Waals surface area contributed by atoms with Crippen LogP contribution in [0.4, 0.5) is 0 Å². The SMILES string of the molecule is CC=CC(C)CCC(C)C1CC1(C)C(C)C(C)CC. The normalized spacial score (nSPS) is 33.1. The zero-order valence-corrected chi connectivity index (χ0v) is 14.4. The van der Waals surface area contributed by atoms with Crippen molar-refractivity contribution in [1.82, 2.24) is 0 Å². The van der Waals surface area contributed by atoms with Gasteiger partial charge in [0, 0.05) is 0 Å². The molecule has 0 spiro atoms. The molecule has 0 nitrogen and oxygen atoms in total. The first-order valence-electron chi connectivity index (χ1n) is 8.49. The molecule has 112 valence electrons. The fourth-order valence-corrected chi connectivity index (χ4v) is 3.94. The smallest absolute Gasteiger partial charge is 0.0262 e. The van der Waals surface area contributed by atoms with Crippen LogP contribution < -0.4 is 0 Å². The Morgan fingerprint density at radius 2 is 1.79 bits per heavy atom. The van der Waals surface area contributed by atoms with E-state index in [2.05, 4.69) is 60.6 Å². The maximum atomic E-state index is 2.54. The van der Waals surface area contributed by atoms with Crippen LogP contribution in [0.5, 0.6) is 0 Å². The number of rotatable bonds is 8. The van der Waals surface area contributed by atoms with E-state index in [1.165, 1.54) is 25.7 Å². The average Bonchev–Trinajstić information content (AvgIpc) is 3.08. The van der Waals surface area contributed by atoms with Gasteiger partial charge in [0.2, 0.25) is 0 Å². The highest BCUT2D eigenvalue weighted by atomic mass is 14.6. The van der Waals surface area contributed by atoms with Crippen LogP contribution in [-0.2, 0) is 0 Å². The van der Waals surface area contributed by atoms with Gasteiger partial charge in [0.1, 0.15) is 0 Å². The summed E-state index contributed by atoms with van der Waals surface area (Å²) >= 11 is 0. The second-order valence-corrected chi connectivity index (χ2v) is 7.55. The maximum absolute atomic E-state index is 2.54. The Labute approximate surface area is 122 Å². The minimum absolute atomic E-state index is 0.638. The predicted molar refractivity (Wildman–Crippen MR) is 87.2 cm³/mol. The molecule has 1 fully saturated rings. The highest BCUT2D eigenvalue weighted by Gasteiger charge is 2.55. The third-order valence-corrected chi connectivity index (χ3v) is 6.17. The Balaban J connectivity index is 2.42. The van der Waals surface area contributed by atoms with Gasteiger partial charge in [0.25, 0.3) is 0 Å². The van der Waals surface area contributed by atoms with Crippen molar-refractivity contribution in [3.05, 3.63) is 12.2 Å². The summed E-state index contributed by atoms with van der Waals surface area (Å²) in [4.78, 5) is 0. The first-order chi connectivity index (χ1) is 8.86. The van der Waals surface area contributed by atoms with E-state index in [-0.39, 0.29) is 0 Å². The quantitative estimate of drug-likeness (QED) is 0.450. The molecule has 0 amide bonds. The molecule has 6 atom stereocenters. The van der Waals surface area contributed by atoms with Crippen LogP contribution in [0.15, 0.2) is 12.2 Å². The molecule has 1 aliphatic carbocycles. The van der Waals surface area contributed by atoms with Gasteiger partial charge in [-0.15, -0.1) is 0 Å². The van der Waals surface area contributed by atoms with Crippen molar-refractivity contribution in [3.63, 3.8) is 0 Å². The molecule has 0 heteroatoms. The first kappa shape index (κ1) is 16.8. The highest BCUT2D eigenvalue weighted by molar-refractivity contribution is 5.04. The highest BCUT2D eigenvalue weighted by Crippen LogP contribution is 2.63. The van der Waals surface area contributed by atoms with Crippen molar-refractivity contribution in [2.45, 2.75) is 74.1 Å². The van der Waals surface area contributed by atoms with E-state index in [1.807, 2.05) is 0 Å². The number of hydrogen-bond acceptors (Lipinski definition) is 0. The summed E-state index contributed by atoms with van der Waals surface area (Å²) in [7, 11) is 0. The van der Waals surface area contributed by atoms with Crippen LogP contribution in [0, 0.1) is 35.0 Å². The Bertz CT molecular complexity index is 290. The van der Waals surface area contributed by atoms with Crippen LogP contribution in [-0.4, -0.2) is 0 Å². The summed E-state index contributed by atoms with van der Waals surface area (Å²) < 4.78 is 0. The molecular formula is C19H36. The van der Waals surface area contributed by atoms with E-state index >= 15 is 0 Å². The van der Waals surface area contributed by atoms with E-state index in [9.17, 15) is 0 Å². The molecule has 0 aromatic carbocycles. The summed E-state index contributed by atoms with van der Waals surface area (Å²) in [6.45, 7) is 16.8. The Kier molecular flexibility index (Phi) is 6.15. The molecule has 0 aromatic heterocycles. The van der Waals surface area contributed by atoms with Crippen molar-refractivity contribution in [2.24, 2.45) is 35.0 Å². The van der Waals surface area contributed by atoms with Gasteiger partial charge < -0.3 is 0 Å². The lowest BCUT2D eigenvalue weighted by Crippen LogP contribution is -2.21. The fraction of sp³-hybridized carbons (Fsp3) is 0.895. The summed E-state index contributed by atoms with van der Waals surface area (Å²) in [6.07, 6.45) is 10.1. The van der Waals surface area contributed by atoms with Gasteiger partial charge in [-0.2, -0.15) is 0 Å². The van der Waals surface area contributed by atoms with Crippen molar-refractivity contribution in [3.8, 4) is 0 Å². The summed E-state index contributed by atoms with van der Waals surface area (Å²) in [5.74, 6) is 4.41. The molecule has 0 N–H and O–H groups in total. The topological polar surface area (TPSA) is 0 Å². The van der Waals surface area contributed by atoms with Crippen molar-refractivity contribution >= 4 is 0 Å². The summed E-state index contributed by atoms with van der Waals surface area (Å²) in [5.41, 5.74) is 0.638. The second-order valence-electron chi connectivity index (χ2n) is 7.55. The molecule has 0 aliphatic heterocycles. The fourth-order valence-electron chi connectivity index (χ4n) is 3.94. The van der Waals surface area contributed by atoms with Crippen LogP contribution >= 0.6 is 0 Å². The summed E-state index contributed by atoms with van der Waals surface area (Å²) in [5, 5.41) is 0. The minimum atomic E-state index is 0.638. The van der Waals surface area contributed by atoms with Crippen molar-refractivity contribution < 1.29 is 0 Å². The minimum Gasteiger partial charge on any atom is -0.0914 e. The van der Waals surface area contributed by atoms with E-state index < -0.39 is 0 Å². The maximum Gasteiger partial charge on any atom is -0.0262 e. The lowest BCUT2D eigenvalue weighted by atomic mass is 9.77. The van der Waals surface area contributed by atoms with E-state index in [4.69, 9.17) is 0 Å². The van der Waals surface area contributed by atoms with Crippen molar-refractivity contribution in [2.75, 3.05) is 0 Å². The molecule has 1 aliphatic rings. The second kappa shape index (κ2) is 6.95. The van der Waals surface area contributed by atoms with Crippen LogP contribution in [0.25, 0.3) is 0 Å². The van der Waals surface area contributed by atoms with E-state index in [1.54, 1.807) is 0 Å². The third kappa shape index (κ3) is 4.10. The van der Waals surface area contributed by atoms with E-state index in [0.29, 0.717) is 5.41 Å². The lowest BCUT2D eigenvalue weighted by molar-refractivity contribution is 0.211. The first-order valence-corrected chi connectivity index (χ1v) is 8.49. The summed E-state index contributed by atoms with van der Waals surface area (Å²) in [6, 6.07) is 0. The average molecular weight is 264 g/mol. The van der Waals surface area contributed by atoms with Gasteiger partial charge in [-0.05, 0) is 61.2 Å². The van der Waals surface area contributed by atoms with Gasteiger partial charge in [-0.3, -0.25) is 0 Å². The van der Waals surface area contributed by atoms with Crippen LogP contribution in [0.1, 0.15) is 74.1 Å². The van der Waals surface area contributed by atoms with Gasteiger partial charge in [-0.25, -0.2) is 0 Å². The number of allylic oxidation sites excluding steroid dienone is 2. The van der Waals surface area contributed by atoms with Gasteiger partial charge in [0.15, 0.2) is 0 Å². The van der Waals surface area contributed by atoms with Crippen LogP contribution in [0.2, 0.25) is 0 Å². The largest absolute Gasteiger partial charge is 0.0914 e. The number of hydrogen-bond donors (Lipinski definition) is 0. The molecule has 0 bridgehead atoms. The molecule has 0 heterocycles. The Hall–Kier alpha value is -0.260. The standard InChI is InChI=1S/C19H36/c1-8-10-14(3)11-12-16(5)18-13-19(18,7)17(6)15(4)9-2/h8,10,14-18H,9,11-13H2,1-7H3. The molecule has 0 radical (unpaired) electrons. The molecule has 1 rings (SSSR count). The third-order valence-electron chi connectivity index (χ3n) is 6.17. The Morgan fingerprint density at radius 3 is 2.32 bits per heavy atom. The predicted octanol–water partition coefficient (Wildman–Crippen LogP) is 6.32. The zero-order valence-electron chi connectivity index (χ0n) is 14.4. The lowest BCUT2D eigenvalue weighted by Gasteiger charge is -2.28. The zero-order chi connectivity index (χ0) is 14.6. The molecule has 19 heavy (non-hydrogen) atoms. The molecule has 6 unspecified atom stereocenters. The molecule has 0 saturated heterocycles. The van der Waals surface area contributed by atoms with E-state index in [0.717, 1.165) is 29.6 Å². The molecular weight excluding hydrogens is 228 g/mol. The van der Waals surface area contributed by atoms with Gasteiger partial charge in [0.05, 0.1) is 0 Å². The molecule has 0 aromatic rings.